The first kappa shape index (κ1) is 18.8. The minimum absolute atomic E-state index is 0. The summed E-state index contributed by atoms with van der Waals surface area (Å²) < 4.78 is 14.3. The summed E-state index contributed by atoms with van der Waals surface area (Å²) in [5.41, 5.74) is 2.15. The number of benzene rings is 2. The molecule has 4 heteroatoms. The number of ether oxygens (including phenoxy) is 2. The Bertz CT molecular complexity index is 649. The van der Waals surface area contributed by atoms with Crippen LogP contribution in [0.25, 0.3) is 0 Å². The Morgan fingerprint density at radius 2 is 1.24 bits per heavy atom. The molecule has 25 heavy (non-hydrogen) atoms. The van der Waals surface area contributed by atoms with Gasteiger partial charge in [0.2, 0.25) is 5.79 Å². The Kier molecular flexibility index (Phi) is 5.26. The molecule has 2 heterocycles. The van der Waals surface area contributed by atoms with Crippen molar-refractivity contribution in [1.29, 1.82) is 0 Å². The van der Waals surface area contributed by atoms with E-state index in [-0.39, 0.29) is 36.2 Å². The molecule has 1 unspecified atom stereocenters. The quantitative estimate of drug-likeness (QED) is 0.502. The molecule has 0 aromatic heterocycles. The molecule has 3 atom stereocenters. The molecule has 0 saturated carbocycles. The molecule has 4 rings (SSSR count). The van der Waals surface area contributed by atoms with Gasteiger partial charge in [-0.1, -0.05) is 60.7 Å². The fourth-order valence-electron chi connectivity index (χ4n) is 3.99. The monoisotopic (exact) mass is 451 g/mol. The van der Waals surface area contributed by atoms with Gasteiger partial charge in [-0.25, -0.2) is 0 Å². The lowest BCUT2D eigenvalue weighted by Crippen LogP contribution is -3.00. The van der Waals surface area contributed by atoms with Crippen molar-refractivity contribution in [3.8, 4) is 0 Å². The average Bonchev–Trinajstić information content (AvgIpc) is 3.10. The van der Waals surface area contributed by atoms with E-state index in [1.165, 1.54) is 0 Å². The van der Waals surface area contributed by atoms with Gasteiger partial charge in [0.15, 0.2) is 0 Å². The van der Waals surface area contributed by atoms with Crippen molar-refractivity contribution >= 4 is 0 Å². The van der Waals surface area contributed by atoms with E-state index < -0.39 is 5.79 Å². The van der Waals surface area contributed by atoms with Crippen molar-refractivity contribution < 1.29 is 37.9 Å². The zero-order chi connectivity index (χ0) is 16.8. The fraction of sp³-hybridized carbons (Fsp3) is 0.429. The smallest absolute Gasteiger partial charge is 0.223 e. The zero-order valence-electron chi connectivity index (χ0n) is 15.1. The van der Waals surface area contributed by atoms with Crippen molar-refractivity contribution in [3.05, 3.63) is 71.8 Å². The van der Waals surface area contributed by atoms with Crippen LogP contribution < -0.4 is 24.0 Å². The molecule has 0 aliphatic carbocycles. The maximum Gasteiger partial charge on any atom is 0.223 e. The van der Waals surface area contributed by atoms with Crippen LogP contribution in [0.3, 0.4) is 0 Å². The van der Waals surface area contributed by atoms with Crippen LogP contribution in [-0.4, -0.2) is 42.9 Å². The number of rotatable bonds is 3. The molecule has 2 saturated heterocycles. The van der Waals surface area contributed by atoms with Gasteiger partial charge < -0.3 is 37.9 Å². The van der Waals surface area contributed by atoms with Gasteiger partial charge in [-0.05, 0) is 13.8 Å². The van der Waals surface area contributed by atoms with Crippen LogP contribution in [0.1, 0.15) is 25.0 Å². The lowest BCUT2D eigenvalue weighted by Gasteiger charge is -2.37. The van der Waals surface area contributed by atoms with Crippen LogP contribution in [-0.2, 0) is 15.3 Å². The minimum Gasteiger partial charge on any atom is -1.00 e. The number of fused-ring (bicyclic) bond motifs is 1. The molecule has 2 fully saturated rings. The van der Waals surface area contributed by atoms with Gasteiger partial charge in [0, 0.05) is 11.1 Å². The number of hydrogen-bond acceptors (Lipinski definition) is 2. The molecule has 2 aliphatic rings. The third-order valence-electron chi connectivity index (χ3n) is 5.80. The fourth-order valence-corrected chi connectivity index (χ4v) is 3.99. The Morgan fingerprint density at radius 1 is 0.840 bits per heavy atom. The Hall–Kier alpha value is -0.950. The molecule has 2 aromatic carbocycles. The molecule has 0 amide bonds. The molecule has 0 N–H and O–H groups in total. The molecular formula is C21H26INO2. The first-order chi connectivity index (χ1) is 11.5. The van der Waals surface area contributed by atoms with E-state index in [0.29, 0.717) is 6.04 Å². The second-order valence-corrected chi connectivity index (χ2v) is 7.60. The Morgan fingerprint density at radius 3 is 1.60 bits per heavy atom. The Balaban J connectivity index is 0.00000182. The second kappa shape index (κ2) is 6.99. The predicted molar refractivity (Wildman–Crippen MR) is 94.5 cm³/mol. The summed E-state index contributed by atoms with van der Waals surface area (Å²) in [5, 5.41) is 0. The standard InChI is InChI=1S/C21H26NO2.HI/c1-16(2)22(3)14-19-20(15-22)24-21(23-19,17-10-6-4-7-11-17)18-12-8-5-9-13-18;/h4-13,16,19-20H,14-15H2,1-3H3;1H/q+1;/p-1/t19-,20+,22?;. The maximum absolute atomic E-state index is 6.65. The number of halogens is 1. The maximum atomic E-state index is 6.65. The van der Waals surface area contributed by atoms with E-state index >= 15 is 0 Å². The summed E-state index contributed by atoms with van der Waals surface area (Å²) in [7, 11) is 2.31. The van der Waals surface area contributed by atoms with Crippen molar-refractivity contribution in [2.24, 2.45) is 0 Å². The van der Waals surface area contributed by atoms with Crippen LogP contribution in [0, 0.1) is 0 Å². The minimum atomic E-state index is -0.778. The van der Waals surface area contributed by atoms with Crippen molar-refractivity contribution in [2.75, 3.05) is 20.1 Å². The summed E-state index contributed by atoms with van der Waals surface area (Å²) >= 11 is 0. The molecule has 0 radical (unpaired) electrons. The van der Waals surface area contributed by atoms with Crippen molar-refractivity contribution in [1.82, 2.24) is 0 Å². The van der Waals surface area contributed by atoms with Crippen molar-refractivity contribution in [2.45, 2.75) is 37.9 Å². The summed E-state index contributed by atoms with van der Waals surface area (Å²) in [4.78, 5) is 0. The van der Waals surface area contributed by atoms with E-state index in [9.17, 15) is 0 Å². The number of nitrogens with zero attached hydrogens (tertiary/aromatic N) is 1. The van der Waals surface area contributed by atoms with Gasteiger partial charge in [0.05, 0.1) is 13.1 Å². The third-order valence-corrected chi connectivity index (χ3v) is 5.80. The summed E-state index contributed by atoms with van der Waals surface area (Å²) in [5.74, 6) is -0.778. The topological polar surface area (TPSA) is 18.5 Å². The highest BCUT2D eigenvalue weighted by molar-refractivity contribution is 5.35. The summed E-state index contributed by atoms with van der Waals surface area (Å²) in [6.45, 7) is 6.57. The largest absolute Gasteiger partial charge is 1.00 e. The van der Waals surface area contributed by atoms with Crippen LogP contribution in [0.4, 0.5) is 0 Å². The van der Waals surface area contributed by atoms with Crippen molar-refractivity contribution in [3.63, 3.8) is 0 Å². The molecule has 3 nitrogen and oxygen atoms in total. The molecule has 2 aliphatic heterocycles. The zero-order valence-corrected chi connectivity index (χ0v) is 17.2. The lowest BCUT2D eigenvalue weighted by atomic mass is 9.97. The van der Waals surface area contributed by atoms with E-state index in [1.807, 2.05) is 12.1 Å². The van der Waals surface area contributed by atoms with Crippen LogP contribution in [0.5, 0.6) is 0 Å². The SMILES string of the molecule is CC(C)[N+]1(C)C[C@@H]2OC(c3ccccc3)(c3ccccc3)O[C@@H]2C1.[I-]. The van der Waals surface area contributed by atoms with Crippen LogP contribution in [0.15, 0.2) is 60.7 Å². The molecule has 2 aromatic rings. The van der Waals surface area contributed by atoms with Crippen LogP contribution >= 0.6 is 0 Å². The highest BCUT2D eigenvalue weighted by atomic mass is 127. The number of likely N-dealkylation sites (tertiary alicyclic amines) is 1. The lowest BCUT2D eigenvalue weighted by molar-refractivity contribution is -0.921. The van der Waals surface area contributed by atoms with Gasteiger partial charge in [-0.15, -0.1) is 0 Å². The van der Waals surface area contributed by atoms with Gasteiger partial charge in [0.25, 0.3) is 0 Å². The number of likely N-dealkylation sites (N-methyl/N-ethyl adjacent to an activating group) is 1. The first-order valence-electron chi connectivity index (χ1n) is 8.84. The molecular weight excluding hydrogens is 425 g/mol. The summed E-state index contributed by atoms with van der Waals surface area (Å²) in [6, 6.07) is 21.2. The highest BCUT2D eigenvalue weighted by Crippen LogP contribution is 2.46. The summed E-state index contributed by atoms with van der Waals surface area (Å²) in [6.07, 6.45) is 0.274. The van der Waals surface area contributed by atoms with E-state index in [1.54, 1.807) is 0 Å². The third kappa shape index (κ3) is 3.14. The van der Waals surface area contributed by atoms with Gasteiger partial charge in [0.1, 0.15) is 25.3 Å². The molecule has 134 valence electrons. The first-order valence-corrected chi connectivity index (χ1v) is 8.84. The molecule has 0 spiro atoms. The van der Waals surface area contributed by atoms with Crippen LogP contribution in [0.2, 0.25) is 0 Å². The predicted octanol–water partition coefficient (Wildman–Crippen LogP) is 0.544. The number of quaternary nitrogens is 1. The Labute approximate surface area is 167 Å². The highest BCUT2D eigenvalue weighted by Gasteiger charge is 2.58. The number of hydrogen-bond donors (Lipinski definition) is 0. The van der Waals surface area contributed by atoms with E-state index in [4.69, 9.17) is 9.47 Å². The van der Waals surface area contributed by atoms with E-state index in [2.05, 4.69) is 69.4 Å². The van der Waals surface area contributed by atoms with Gasteiger partial charge in [-0.3, -0.25) is 0 Å². The average molecular weight is 451 g/mol. The van der Waals surface area contributed by atoms with E-state index in [0.717, 1.165) is 28.7 Å². The van der Waals surface area contributed by atoms with Gasteiger partial charge >= 0.3 is 0 Å². The van der Waals surface area contributed by atoms with Gasteiger partial charge in [-0.2, -0.15) is 0 Å². The second-order valence-electron chi connectivity index (χ2n) is 7.60. The molecule has 0 bridgehead atoms. The normalized spacial score (nSPS) is 30.1.